The molecule has 0 saturated heterocycles. The molecular formula is C8H7BrF3NO. The molecule has 0 saturated carbocycles. The summed E-state index contributed by atoms with van der Waals surface area (Å²) < 4.78 is 40.0. The van der Waals surface area contributed by atoms with Crippen LogP contribution in [0.3, 0.4) is 0 Å². The molecule has 0 amide bonds. The number of hydrogen-bond donors (Lipinski definition) is 0. The molecule has 0 unspecified atom stereocenters. The fraction of sp³-hybridized carbons (Fsp3) is 0.375. The molecule has 0 fully saturated rings. The third-order valence-corrected chi connectivity index (χ3v) is 2.25. The summed E-state index contributed by atoms with van der Waals surface area (Å²) in [4.78, 5) is 3.87. The average Bonchev–Trinajstić information content (AvgIpc) is 2.04. The summed E-state index contributed by atoms with van der Waals surface area (Å²) in [5, 5.41) is 0. The standard InChI is InChI=1S/C8H7BrF3NO/c1-4-5(2)13-3-6(9)7(4)14-8(10,11)12/h3H,1-2H3. The zero-order valence-corrected chi connectivity index (χ0v) is 9.03. The highest BCUT2D eigenvalue weighted by Crippen LogP contribution is 2.33. The Labute approximate surface area is 87.2 Å². The van der Waals surface area contributed by atoms with Crippen LogP contribution >= 0.6 is 15.9 Å². The lowest BCUT2D eigenvalue weighted by Gasteiger charge is -2.13. The van der Waals surface area contributed by atoms with E-state index in [2.05, 4.69) is 25.7 Å². The first-order valence-corrected chi connectivity index (χ1v) is 4.48. The minimum atomic E-state index is -4.68. The first-order chi connectivity index (χ1) is 6.31. The molecule has 0 bridgehead atoms. The monoisotopic (exact) mass is 269 g/mol. The summed E-state index contributed by atoms with van der Waals surface area (Å²) in [6.07, 6.45) is -3.40. The number of aromatic nitrogens is 1. The van der Waals surface area contributed by atoms with Gasteiger partial charge in [0.1, 0.15) is 5.75 Å². The molecule has 78 valence electrons. The highest BCUT2D eigenvalue weighted by Gasteiger charge is 2.33. The Morgan fingerprint density at radius 3 is 2.43 bits per heavy atom. The summed E-state index contributed by atoms with van der Waals surface area (Å²) in [7, 11) is 0. The second kappa shape index (κ2) is 3.76. The number of alkyl halides is 3. The first kappa shape index (κ1) is 11.3. The van der Waals surface area contributed by atoms with E-state index in [1.54, 1.807) is 6.92 Å². The molecule has 0 aliphatic carbocycles. The number of rotatable bonds is 1. The Morgan fingerprint density at radius 1 is 1.36 bits per heavy atom. The van der Waals surface area contributed by atoms with Gasteiger partial charge >= 0.3 is 6.36 Å². The topological polar surface area (TPSA) is 22.1 Å². The van der Waals surface area contributed by atoms with Crippen molar-refractivity contribution >= 4 is 15.9 Å². The molecule has 6 heteroatoms. The van der Waals surface area contributed by atoms with Crippen molar-refractivity contribution in [3.05, 3.63) is 21.9 Å². The third kappa shape index (κ3) is 2.60. The molecule has 1 aromatic heterocycles. The predicted molar refractivity (Wildman–Crippen MR) is 48.1 cm³/mol. The van der Waals surface area contributed by atoms with Crippen LogP contribution in [0.1, 0.15) is 11.3 Å². The number of aryl methyl sites for hydroxylation is 1. The molecule has 1 heterocycles. The molecule has 0 aromatic carbocycles. The number of halogens is 4. The van der Waals surface area contributed by atoms with Crippen molar-refractivity contribution in [3.63, 3.8) is 0 Å². The van der Waals surface area contributed by atoms with E-state index in [1.807, 2.05) is 0 Å². The molecule has 0 aliphatic rings. The Kier molecular flexibility index (Phi) is 3.04. The van der Waals surface area contributed by atoms with Crippen molar-refractivity contribution in [3.8, 4) is 5.75 Å². The number of nitrogens with zero attached hydrogens (tertiary/aromatic N) is 1. The van der Waals surface area contributed by atoms with Gasteiger partial charge in [0.15, 0.2) is 0 Å². The maximum atomic E-state index is 12.0. The van der Waals surface area contributed by atoms with Crippen molar-refractivity contribution in [1.29, 1.82) is 0 Å². The minimum absolute atomic E-state index is 0.193. The zero-order valence-electron chi connectivity index (χ0n) is 7.44. The Morgan fingerprint density at radius 2 is 1.93 bits per heavy atom. The third-order valence-electron chi connectivity index (χ3n) is 1.69. The summed E-state index contributed by atoms with van der Waals surface area (Å²) in [6, 6.07) is 0. The van der Waals surface area contributed by atoms with Crippen LogP contribution in [-0.4, -0.2) is 11.3 Å². The first-order valence-electron chi connectivity index (χ1n) is 3.68. The molecule has 2 nitrogen and oxygen atoms in total. The normalized spacial score (nSPS) is 11.6. The summed E-state index contributed by atoms with van der Waals surface area (Å²) >= 11 is 2.95. The predicted octanol–water partition coefficient (Wildman–Crippen LogP) is 3.36. The van der Waals surface area contributed by atoms with Crippen LogP contribution in [0.15, 0.2) is 10.7 Å². The number of hydrogen-bond acceptors (Lipinski definition) is 2. The summed E-state index contributed by atoms with van der Waals surface area (Å²) in [6.45, 7) is 3.14. The second-order valence-electron chi connectivity index (χ2n) is 2.69. The van der Waals surface area contributed by atoms with E-state index in [0.29, 0.717) is 11.3 Å². The van der Waals surface area contributed by atoms with Gasteiger partial charge in [0.25, 0.3) is 0 Å². The van der Waals surface area contributed by atoms with Gasteiger partial charge in [-0.2, -0.15) is 0 Å². The van der Waals surface area contributed by atoms with Gasteiger partial charge in [0.2, 0.25) is 0 Å². The maximum absolute atomic E-state index is 12.0. The summed E-state index contributed by atoms with van der Waals surface area (Å²) in [5.41, 5.74) is 0.879. The lowest BCUT2D eigenvalue weighted by Crippen LogP contribution is -2.18. The van der Waals surface area contributed by atoms with Crippen LogP contribution in [0.5, 0.6) is 5.75 Å². The average molecular weight is 270 g/mol. The molecule has 0 N–H and O–H groups in total. The fourth-order valence-electron chi connectivity index (χ4n) is 0.893. The van der Waals surface area contributed by atoms with Gasteiger partial charge < -0.3 is 4.74 Å². The molecule has 0 radical (unpaired) electrons. The van der Waals surface area contributed by atoms with Crippen LogP contribution in [0.2, 0.25) is 0 Å². The van der Waals surface area contributed by atoms with Crippen LogP contribution in [0, 0.1) is 13.8 Å². The van der Waals surface area contributed by atoms with Crippen LogP contribution in [-0.2, 0) is 0 Å². The van der Waals surface area contributed by atoms with Crippen molar-refractivity contribution in [2.45, 2.75) is 20.2 Å². The molecule has 1 rings (SSSR count). The van der Waals surface area contributed by atoms with E-state index in [1.165, 1.54) is 13.1 Å². The fourth-order valence-corrected chi connectivity index (χ4v) is 1.37. The van der Waals surface area contributed by atoms with E-state index in [4.69, 9.17) is 0 Å². The molecule has 0 spiro atoms. The molecule has 0 atom stereocenters. The molecule has 14 heavy (non-hydrogen) atoms. The SMILES string of the molecule is Cc1ncc(Br)c(OC(F)(F)F)c1C. The Balaban J connectivity index is 3.13. The molecule has 0 aliphatic heterocycles. The van der Waals surface area contributed by atoms with Gasteiger partial charge in [0.05, 0.1) is 4.47 Å². The van der Waals surface area contributed by atoms with Crippen LogP contribution in [0.4, 0.5) is 13.2 Å². The van der Waals surface area contributed by atoms with Gasteiger partial charge in [-0.15, -0.1) is 13.2 Å². The lowest BCUT2D eigenvalue weighted by molar-refractivity contribution is -0.275. The number of ether oxygens (including phenoxy) is 1. The highest BCUT2D eigenvalue weighted by atomic mass is 79.9. The van der Waals surface area contributed by atoms with E-state index in [0.717, 1.165) is 0 Å². The van der Waals surface area contributed by atoms with Crippen LogP contribution in [0.25, 0.3) is 0 Å². The number of pyridine rings is 1. The van der Waals surface area contributed by atoms with E-state index in [9.17, 15) is 13.2 Å². The highest BCUT2D eigenvalue weighted by molar-refractivity contribution is 9.10. The molecule has 1 aromatic rings. The van der Waals surface area contributed by atoms with Gasteiger partial charge in [-0.05, 0) is 29.8 Å². The van der Waals surface area contributed by atoms with Crippen LogP contribution < -0.4 is 4.74 Å². The largest absolute Gasteiger partial charge is 0.573 e. The Bertz CT molecular complexity index is 351. The smallest absolute Gasteiger partial charge is 0.404 e. The summed E-state index contributed by atoms with van der Waals surface area (Å²) in [5.74, 6) is -0.231. The van der Waals surface area contributed by atoms with Crippen molar-refractivity contribution in [2.24, 2.45) is 0 Å². The minimum Gasteiger partial charge on any atom is -0.404 e. The van der Waals surface area contributed by atoms with Crippen molar-refractivity contribution in [1.82, 2.24) is 4.98 Å². The second-order valence-corrected chi connectivity index (χ2v) is 3.55. The zero-order chi connectivity index (χ0) is 10.9. The van der Waals surface area contributed by atoms with Gasteiger partial charge in [-0.1, -0.05) is 0 Å². The van der Waals surface area contributed by atoms with Gasteiger partial charge in [0, 0.05) is 17.5 Å². The van der Waals surface area contributed by atoms with E-state index >= 15 is 0 Å². The van der Waals surface area contributed by atoms with Crippen molar-refractivity contribution in [2.75, 3.05) is 0 Å². The lowest BCUT2D eigenvalue weighted by atomic mass is 10.2. The van der Waals surface area contributed by atoms with Gasteiger partial charge in [-0.3, -0.25) is 4.98 Å². The van der Waals surface area contributed by atoms with Gasteiger partial charge in [-0.25, -0.2) is 0 Å². The maximum Gasteiger partial charge on any atom is 0.573 e. The Hall–Kier alpha value is -0.780. The molecular weight excluding hydrogens is 263 g/mol. The van der Waals surface area contributed by atoms with E-state index in [-0.39, 0.29) is 10.2 Å². The quantitative estimate of drug-likeness (QED) is 0.780. The van der Waals surface area contributed by atoms with Crippen molar-refractivity contribution < 1.29 is 17.9 Å². The van der Waals surface area contributed by atoms with E-state index < -0.39 is 6.36 Å².